The van der Waals surface area contributed by atoms with Gasteiger partial charge in [-0.1, -0.05) is 18.2 Å². The smallest absolute Gasteiger partial charge is 0.433 e. The van der Waals surface area contributed by atoms with Crippen molar-refractivity contribution in [2.45, 2.75) is 25.4 Å². The standard InChI is InChI=1S/C17H14F3NO2/c1-10(22)16(12-2-4-14-11(8-12)6-7-23-14)13-3-5-15(21-9-13)17(18,19)20/h2-5,8-9,16H,6-7H2,1H3. The number of alkyl halides is 3. The summed E-state index contributed by atoms with van der Waals surface area (Å²) in [5.74, 6) is 0.0164. The lowest BCUT2D eigenvalue weighted by Crippen LogP contribution is -2.13. The van der Waals surface area contributed by atoms with Crippen molar-refractivity contribution in [3.63, 3.8) is 0 Å². The number of ketones is 1. The molecule has 1 aromatic heterocycles. The van der Waals surface area contributed by atoms with Gasteiger partial charge in [-0.05, 0) is 35.7 Å². The van der Waals surface area contributed by atoms with Gasteiger partial charge in [0.15, 0.2) is 0 Å². The van der Waals surface area contributed by atoms with E-state index in [0.29, 0.717) is 12.2 Å². The molecule has 0 fully saturated rings. The molecule has 3 nitrogen and oxygen atoms in total. The number of carbonyl (C=O) groups is 1. The third-order valence-electron chi connectivity index (χ3n) is 3.86. The van der Waals surface area contributed by atoms with Crippen molar-refractivity contribution < 1.29 is 22.7 Å². The molecule has 1 unspecified atom stereocenters. The third kappa shape index (κ3) is 3.06. The van der Waals surface area contributed by atoms with Crippen LogP contribution in [-0.2, 0) is 17.4 Å². The number of halogens is 3. The van der Waals surface area contributed by atoms with E-state index in [0.717, 1.165) is 35.6 Å². The van der Waals surface area contributed by atoms with E-state index in [9.17, 15) is 18.0 Å². The molecule has 120 valence electrons. The molecule has 23 heavy (non-hydrogen) atoms. The number of benzene rings is 1. The molecule has 2 heterocycles. The van der Waals surface area contributed by atoms with Crippen LogP contribution in [0.4, 0.5) is 13.2 Å². The summed E-state index contributed by atoms with van der Waals surface area (Å²) in [5, 5.41) is 0. The summed E-state index contributed by atoms with van der Waals surface area (Å²) in [7, 11) is 0. The minimum atomic E-state index is -4.49. The Kier molecular flexibility index (Phi) is 3.83. The Morgan fingerprint density at radius 2 is 1.96 bits per heavy atom. The number of pyridine rings is 1. The fourth-order valence-corrected chi connectivity index (χ4v) is 2.79. The summed E-state index contributed by atoms with van der Waals surface area (Å²) in [6, 6.07) is 7.67. The Morgan fingerprint density at radius 1 is 1.22 bits per heavy atom. The van der Waals surface area contributed by atoms with Crippen LogP contribution in [0.5, 0.6) is 5.75 Å². The van der Waals surface area contributed by atoms with Gasteiger partial charge in [0.05, 0.1) is 12.5 Å². The molecule has 0 aliphatic carbocycles. The summed E-state index contributed by atoms with van der Waals surface area (Å²) in [5.41, 5.74) is 1.23. The van der Waals surface area contributed by atoms with Gasteiger partial charge in [0.25, 0.3) is 0 Å². The van der Waals surface area contributed by atoms with E-state index in [1.54, 1.807) is 12.1 Å². The van der Waals surface area contributed by atoms with Crippen LogP contribution in [0, 0.1) is 0 Å². The molecular formula is C17H14F3NO2. The van der Waals surface area contributed by atoms with Gasteiger partial charge in [-0.15, -0.1) is 0 Å². The van der Waals surface area contributed by atoms with E-state index in [1.165, 1.54) is 13.0 Å². The van der Waals surface area contributed by atoms with E-state index in [2.05, 4.69) is 4.98 Å². The fourth-order valence-electron chi connectivity index (χ4n) is 2.79. The highest BCUT2D eigenvalue weighted by molar-refractivity contribution is 5.87. The maximum absolute atomic E-state index is 12.6. The molecular weight excluding hydrogens is 307 g/mol. The molecule has 0 radical (unpaired) electrons. The maximum atomic E-state index is 12.6. The van der Waals surface area contributed by atoms with Crippen molar-refractivity contribution >= 4 is 5.78 Å². The van der Waals surface area contributed by atoms with E-state index >= 15 is 0 Å². The molecule has 0 N–H and O–H groups in total. The summed E-state index contributed by atoms with van der Waals surface area (Å²) >= 11 is 0. The Morgan fingerprint density at radius 3 is 2.57 bits per heavy atom. The predicted octanol–water partition coefficient (Wildman–Crippen LogP) is 3.76. The Hall–Kier alpha value is -2.37. The SMILES string of the molecule is CC(=O)C(c1ccc(C(F)(F)F)nc1)c1ccc2c(c1)CCO2. The molecule has 1 aromatic carbocycles. The average Bonchev–Trinajstić information content (AvgIpc) is 2.94. The lowest BCUT2D eigenvalue weighted by molar-refractivity contribution is -0.141. The second-order valence-electron chi connectivity index (χ2n) is 5.48. The number of rotatable bonds is 3. The molecule has 3 rings (SSSR count). The van der Waals surface area contributed by atoms with Crippen LogP contribution in [0.3, 0.4) is 0 Å². The minimum absolute atomic E-state index is 0.148. The molecule has 0 amide bonds. The van der Waals surface area contributed by atoms with Crippen LogP contribution in [0.25, 0.3) is 0 Å². The van der Waals surface area contributed by atoms with E-state index in [1.807, 2.05) is 6.07 Å². The second-order valence-corrected chi connectivity index (χ2v) is 5.48. The maximum Gasteiger partial charge on any atom is 0.433 e. The zero-order chi connectivity index (χ0) is 16.6. The van der Waals surface area contributed by atoms with Crippen molar-refractivity contribution in [1.82, 2.24) is 4.98 Å². The number of ether oxygens (including phenoxy) is 1. The minimum Gasteiger partial charge on any atom is -0.493 e. The van der Waals surface area contributed by atoms with Crippen LogP contribution < -0.4 is 4.74 Å². The lowest BCUT2D eigenvalue weighted by atomic mass is 9.88. The molecule has 1 aliphatic rings. The first kappa shape index (κ1) is 15.5. The van der Waals surface area contributed by atoms with Crippen molar-refractivity contribution in [2.75, 3.05) is 6.61 Å². The van der Waals surface area contributed by atoms with Crippen LogP contribution in [-0.4, -0.2) is 17.4 Å². The highest BCUT2D eigenvalue weighted by atomic mass is 19.4. The third-order valence-corrected chi connectivity index (χ3v) is 3.86. The van der Waals surface area contributed by atoms with Crippen LogP contribution in [0.1, 0.15) is 35.2 Å². The van der Waals surface area contributed by atoms with Crippen molar-refractivity contribution in [3.8, 4) is 5.75 Å². The van der Waals surface area contributed by atoms with Gasteiger partial charge in [-0.25, -0.2) is 0 Å². The predicted molar refractivity (Wildman–Crippen MR) is 77.4 cm³/mol. The number of hydrogen-bond donors (Lipinski definition) is 0. The van der Waals surface area contributed by atoms with E-state index in [4.69, 9.17) is 4.74 Å². The summed E-state index contributed by atoms with van der Waals surface area (Å²) in [6.07, 6.45) is -2.60. The summed E-state index contributed by atoms with van der Waals surface area (Å²) < 4.78 is 43.3. The van der Waals surface area contributed by atoms with Crippen LogP contribution >= 0.6 is 0 Å². The van der Waals surface area contributed by atoms with Crippen molar-refractivity contribution in [1.29, 1.82) is 0 Å². The number of aromatic nitrogens is 1. The highest BCUT2D eigenvalue weighted by Crippen LogP contribution is 2.33. The van der Waals surface area contributed by atoms with E-state index in [-0.39, 0.29) is 5.78 Å². The lowest BCUT2D eigenvalue weighted by Gasteiger charge is -2.16. The molecule has 2 aromatic rings. The summed E-state index contributed by atoms with van der Waals surface area (Å²) in [6.45, 7) is 2.03. The van der Waals surface area contributed by atoms with Gasteiger partial charge < -0.3 is 4.74 Å². The first-order valence-electron chi connectivity index (χ1n) is 7.15. The topological polar surface area (TPSA) is 39.2 Å². The molecule has 0 saturated heterocycles. The number of nitrogens with zero attached hydrogens (tertiary/aromatic N) is 1. The van der Waals surface area contributed by atoms with E-state index < -0.39 is 17.8 Å². The molecule has 1 atom stereocenters. The number of fused-ring (bicyclic) bond motifs is 1. The Bertz CT molecular complexity index is 738. The van der Waals surface area contributed by atoms with Crippen molar-refractivity contribution in [2.24, 2.45) is 0 Å². The van der Waals surface area contributed by atoms with Gasteiger partial charge in [-0.2, -0.15) is 13.2 Å². The molecule has 0 spiro atoms. The largest absolute Gasteiger partial charge is 0.493 e. The number of hydrogen-bond acceptors (Lipinski definition) is 3. The van der Waals surface area contributed by atoms with Gasteiger partial charge in [0.2, 0.25) is 0 Å². The first-order valence-corrected chi connectivity index (χ1v) is 7.15. The zero-order valence-corrected chi connectivity index (χ0v) is 12.4. The van der Waals surface area contributed by atoms with Gasteiger partial charge in [0, 0.05) is 12.6 Å². The molecule has 0 saturated carbocycles. The highest BCUT2D eigenvalue weighted by Gasteiger charge is 2.32. The van der Waals surface area contributed by atoms with Crippen LogP contribution in [0.15, 0.2) is 36.5 Å². The Labute approximate surface area is 131 Å². The monoisotopic (exact) mass is 321 g/mol. The first-order chi connectivity index (χ1) is 10.9. The molecule has 0 bridgehead atoms. The normalized spacial score (nSPS) is 15.0. The number of carbonyl (C=O) groups excluding carboxylic acids is 1. The van der Waals surface area contributed by atoms with Gasteiger partial charge in [0.1, 0.15) is 17.2 Å². The quantitative estimate of drug-likeness (QED) is 0.864. The summed E-state index contributed by atoms with van der Waals surface area (Å²) in [4.78, 5) is 15.5. The molecule has 1 aliphatic heterocycles. The van der Waals surface area contributed by atoms with Gasteiger partial charge >= 0.3 is 6.18 Å². The number of Topliss-reactive ketones (excluding diaryl/α,β-unsaturated/α-hetero) is 1. The zero-order valence-electron chi connectivity index (χ0n) is 12.4. The second kappa shape index (κ2) is 5.68. The Balaban J connectivity index is 1.98. The fraction of sp³-hybridized carbons (Fsp3) is 0.294. The molecule has 6 heteroatoms. The van der Waals surface area contributed by atoms with Crippen LogP contribution in [0.2, 0.25) is 0 Å². The van der Waals surface area contributed by atoms with Crippen molar-refractivity contribution in [3.05, 3.63) is 58.9 Å². The van der Waals surface area contributed by atoms with Gasteiger partial charge in [-0.3, -0.25) is 9.78 Å². The average molecular weight is 321 g/mol.